The van der Waals surface area contributed by atoms with Gasteiger partial charge in [0.1, 0.15) is 22.3 Å². The van der Waals surface area contributed by atoms with Gasteiger partial charge in [0.15, 0.2) is 0 Å². The number of fused-ring (bicyclic) bond motifs is 6. The van der Waals surface area contributed by atoms with Gasteiger partial charge >= 0.3 is 16.5 Å². The van der Waals surface area contributed by atoms with Crippen LogP contribution in [-0.4, -0.2) is 12.2 Å². The number of benzene rings is 4. The average Bonchev–Trinajstić information content (AvgIpc) is 3.40. The third-order valence-electron chi connectivity index (χ3n) is 13.5. The van der Waals surface area contributed by atoms with Crippen LogP contribution in [0.1, 0.15) is 231 Å². The molecule has 2 heterocycles. The molecule has 0 saturated heterocycles. The Kier molecular flexibility index (Phi) is 14.5. The van der Waals surface area contributed by atoms with Gasteiger partial charge in [-0.3, -0.25) is 9.05 Å². The molecule has 2 aromatic heterocycles. The quantitative estimate of drug-likeness (QED) is 0.166. The van der Waals surface area contributed by atoms with Crippen LogP contribution in [0, 0.1) is 0 Å². The van der Waals surface area contributed by atoms with Crippen molar-refractivity contribution in [2.24, 2.45) is 0 Å². The van der Waals surface area contributed by atoms with Gasteiger partial charge in [0, 0.05) is 50.2 Å². The van der Waals surface area contributed by atoms with Crippen LogP contribution < -0.4 is 9.05 Å². The summed E-state index contributed by atoms with van der Waals surface area (Å²) in [5.74, 6) is 0. The van der Waals surface area contributed by atoms with E-state index in [9.17, 15) is 0 Å². The predicted octanol–water partition coefficient (Wildman–Crippen LogP) is 20.0. The van der Waals surface area contributed by atoms with E-state index < -0.39 is 16.5 Å². The molecule has 0 saturated carbocycles. The van der Waals surface area contributed by atoms with Gasteiger partial charge in [-0.25, -0.2) is 0 Å². The fourth-order valence-electron chi connectivity index (χ4n) is 8.94. The molecule has 6 rings (SSSR count). The Balaban J connectivity index is 1.56. The van der Waals surface area contributed by atoms with Crippen molar-refractivity contribution in [2.75, 3.05) is 0 Å². The highest BCUT2D eigenvalue weighted by atomic mass is 31.1. The second kappa shape index (κ2) is 18.3. The van der Waals surface area contributed by atoms with E-state index in [0.717, 1.165) is 66.1 Å². The fraction of sp³-hybridized carbons (Fsp3) is 0.607. The molecule has 380 valence electrons. The Morgan fingerprint density at radius 3 is 0.667 bits per heavy atom. The minimum absolute atomic E-state index is 0.0907. The Bertz CT molecular complexity index is 2570. The molecule has 0 fully saturated rings. The van der Waals surface area contributed by atoms with Crippen LogP contribution in [-0.2, 0) is 43.3 Å². The maximum absolute atomic E-state index is 7.15. The molecule has 0 aliphatic rings. The molecule has 8 heteroatoms. The molecule has 0 aliphatic heterocycles. The summed E-state index contributed by atoms with van der Waals surface area (Å²) >= 11 is 0. The highest BCUT2D eigenvalue weighted by molar-refractivity contribution is 7.32. The molecule has 0 spiro atoms. The molecule has 2 atom stereocenters. The van der Waals surface area contributed by atoms with Crippen LogP contribution in [0.5, 0.6) is 0 Å². The molecule has 6 nitrogen and oxygen atoms in total. The second-order valence-corrected chi connectivity index (χ2v) is 30.5. The Labute approximate surface area is 419 Å². The summed E-state index contributed by atoms with van der Waals surface area (Å²) in [7, 11) is -3.82. The van der Waals surface area contributed by atoms with E-state index in [1.165, 1.54) is 22.3 Å². The topological polar surface area (TPSA) is 71.0 Å². The maximum Gasteiger partial charge on any atom is 0.387 e. The summed E-state index contributed by atoms with van der Waals surface area (Å²) in [6.45, 7) is 58.8. The molecule has 0 bridgehead atoms. The van der Waals surface area contributed by atoms with Crippen molar-refractivity contribution in [2.45, 2.75) is 242 Å². The molecular formula is C61H90O6P2. The van der Waals surface area contributed by atoms with Crippen LogP contribution in [0.4, 0.5) is 0 Å². The van der Waals surface area contributed by atoms with Crippen molar-refractivity contribution in [3.63, 3.8) is 0 Å². The van der Waals surface area contributed by atoms with E-state index in [0.29, 0.717) is 6.42 Å². The molecule has 0 N–H and O–H groups in total. The van der Waals surface area contributed by atoms with Crippen molar-refractivity contribution in [1.29, 1.82) is 0 Å². The summed E-state index contributed by atoms with van der Waals surface area (Å²) in [5, 5.41) is 4.21. The molecule has 0 aliphatic carbocycles. The summed E-state index contributed by atoms with van der Waals surface area (Å²) in [6, 6.07) is 18.7. The number of hydrogen-bond donors (Lipinski definition) is 0. The lowest BCUT2D eigenvalue weighted by Crippen LogP contribution is -2.21. The Hall–Kier alpha value is -3.40. The van der Waals surface area contributed by atoms with Crippen molar-refractivity contribution in [3.05, 3.63) is 93.0 Å². The highest BCUT2D eigenvalue weighted by Gasteiger charge is 2.32. The van der Waals surface area contributed by atoms with Crippen molar-refractivity contribution >= 4 is 60.4 Å². The van der Waals surface area contributed by atoms with E-state index in [1.807, 2.05) is 0 Å². The third kappa shape index (κ3) is 12.1. The molecule has 6 aromatic rings. The Morgan fingerprint density at radius 2 is 0.507 bits per heavy atom. The van der Waals surface area contributed by atoms with Gasteiger partial charge in [-0.05, 0) is 104 Å². The largest absolute Gasteiger partial charge is 0.399 e. The van der Waals surface area contributed by atoms with Crippen molar-refractivity contribution in [1.82, 2.24) is 0 Å². The molecule has 4 aromatic carbocycles. The van der Waals surface area contributed by atoms with Crippen LogP contribution in [0.3, 0.4) is 0 Å². The standard InChI is InChI=1S/C61H90O6P2/c1-36(62-68-64-50-42(28-38(54(3,4)5)32-46(50)58(15,16)17)43-29-39(55(6,7)8)33-47(51(43)65-68)59(18,19)20)27-37(2)63-69-66-52-44(30-40(56(9,10)11)34-48(52)60(21,22)23)45-31-41(57(12,13)14)35-49(53(45)67-69)61(24,25)26/h28-37H,27H2,1-26H3/t36-,37-/m0/s1. The lowest BCUT2D eigenvalue weighted by Gasteiger charge is -2.27. The molecule has 0 amide bonds. The van der Waals surface area contributed by atoms with Crippen molar-refractivity contribution < 1.29 is 25.8 Å². The second-order valence-electron chi connectivity index (χ2n) is 28.5. The van der Waals surface area contributed by atoms with E-state index in [-0.39, 0.29) is 55.5 Å². The smallest absolute Gasteiger partial charge is 0.387 e. The average molecular weight is 981 g/mol. The van der Waals surface area contributed by atoms with E-state index >= 15 is 0 Å². The minimum atomic E-state index is -1.91. The van der Waals surface area contributed by atoms with Crippen LogP contribution in [0.15, 0.2) is 65.3 Å². The summed E-state index contributed by atoms with van der Waals surface area (Å²) in [4.78, 5) is 0. The van der Waals surface area contributed by atoms with E-state index in [4.69, 9.17) is 25.8 Å². The fourth-order valence-corrected chi connectivity index (χ4v) is 11.3. The lowest BCUT2D eigenvalue weighted by atomic mass is 9.77. The van der Waals surface area contributed by atoms with Crippen molar-refractivity contribution in [3.8, 4) is 0 Å². The van der Waals surface area contributed by atoms with Gasteiger partial charge in [-0.15, -0.1) is 0 Å². The minimum Gasteiger partial charge on any atom is -0.399 e. The van der Waals surface area contributed by atoms with Gasteiger partial charge in [0.2, 0.25) is 0 Å². The molecule has 0 unspecified atom stereocenters. The number of rotatable bonds is 6. The zero-order valence-electron chi connectivity index (χ0n) is 47.8. The summed E-state index contributed by atoms with van der Waals surface area (Å²) in [6.07, 6.45) is -0.0729. The predicted molar refractivity (Wildman–Crippen MR) is 299 cm³/mol. The SMILES string of the molecule is C[C@@H](C[C@H](C)Op1oc2c(C(C)(C)C)cc(C(C)(C)C)cc2c2cc(C(C)(C)C)cc(C(C)(C)C)c2o1)Op1oc2c(C(C)(C)C)cc(C(C)(C)C)cc2c2cc(C(C)(C)C)cc(C(C)(C)C)c2o1. The third-order valence-corrected chi connectivity index (χ3v) is 15.9. The molecule has 0 radical (unpaired) electrons. The van der Waals surface area contributed by atoms with Gasteiger partial charge < -0.3 is 16.8 Å². The highest BCUT2D eigenvalue weighted by Crippen LogP contribution is 2.48. The van der Waals surface area contributed by atoms with Crippen LogP contribution in [0.2, 0.25) is 0 Å². The van der Waals surface area contributed by atoms with Gasteiger partial charge in [0.05, 0.1) is 12.2 Å². The van der Waals surface area contributed by atoms with E-state index in [2.05, 4.69) is 229 Å². The summed E-state index contributed by atoms with van der Waals surface area (Å²) in [5.41, 5.74) is 11.7. The Morgan fingerprint density at radius 1 is 0.319 bits per heavy atom. The first-order chi connectivity index (χ1) is 31.0. The molecule has 69 heavy (non-hydrogen) atoms. The molecular weight excluding hydrogens is 891 g/mol. The maximum atomic E-state index is 7.15. The van der Waals surface area contributed by atoms with Crippen LogP contribution in [0.25, 0.3) is 43.9 Å². The normalized spacial score (nSPS) is 14.9. The summed E-state index contributed by atoms with van der Waals surface area (Å²) < 4.78 is 42.6. The zero-order valence-corrected chi connectivity index (χ0v) is 49.6. The van der Waals surface area contributed by atoms with E-state index in [1.54, 1.807) is 0 Å². The first-order valence-corrected chi connectivity index (χ1v) is 27.7. The number of hydrogen-bond acceptors (Lipinski definition) is 6. The van der Waals surface area contributed by atoms with Crippen LogP contribution >= 0.6 is 16.5 Å². The van der Waals surface area contributed by atoms with Gasteiger partial charge in [-0.2, -0.15) is 0 Å². The first-order valence-electron chi connectivity index (χ1n) is 25.5. The monoisotopic (exact) mass is 981 g/mol. The lowest BCUT2D eigenvalue weighted by molar-refractivity contribution is 0.184. The first kappa shape index (κ1) is 54.9. The van der Waals surface area contributed by atoms with Gasteiger partial charge in [0.25, 0.3) is 0 Å². The van der Waals surface area contributed by atoms with Gasteiger partial charge in [-0.1, -0.05) is 190 Å². The zero-order chi connectivity index (χ0) is 52.2.